The van der Waals surface area contributed by atoms with Gasteiger partial charge in [-0.1, -0.05) is 18.2 Å². The van der Waals surface area contributed by atoms with Gasteiger partial charge >= 0.3 is 0 Å². The number of aryl methyl sites for hydroxylation is 1. The molecule has 1 aromatic carbocycles. The summed E-state index contributed by atoms with van der Waals surface area (Å²) in [4.78, 5) is 0. The number of benzene rings is 1. The second-order valence-corrected chi connectivity index (χ2v) is 4.05. The monoisotopic (exact) mass is 174 g/mol. The van der Waals surface area contributed by atoms with Gasteiger partial charge in [0.1, 0.15) is 0 Å². The van der Waals surface area contributed by atoms with Crippen LogP contribution in [0.3, 0.4) is 0 Å². The molecule has 0 radical (unpaired) electrons. The Kier molecular flexibility index (Phi) is 1.41. The maximum absolute atomic E-state index is 3.60. The SMILES string of the molecule is Cc1cccc2c1NC1CNCC21. The third kappa shape index (κ3) is 0.923. The van der Waals surface area contributed by atoms with Crippen molar-refractivity contribution in [3.05, 3.63) is 29.3 Å². The lowest BCUT2D eigenvalue weighted by Gasteiger charge is -2.07. The van der Waals surface area contributed by atoms with Crippen molar-refractivity contribution in [3.63, 3.8) is 0 Å². The Morgan fingerprint density at radius 3 is 3.15 bits per heavy atom. The molecule has 3 rings (SSSR count). The average molecular weight is 174 g/mol. The Morgan fingerprint density at radius 2 is 2.23 bits per heavy atom. The molecule has 0 saturated carbocycles. The van der Waals surface area contributed by atoms with Gasteiger partial charge in [0.2, 0.25) is 0 Å². The topological polar surface area (TPSA) is 24.1 Å². The van der Waals surface area contributed by atoms with Crippen LogP contribution in [-0.2, 0) is 0 Å². The summed E-state index contributed by atoms with van der Waals surface area (Å²) in [5, 5.41) is 7.02. The summed E-state index contributed by atoms with van der Waals surface area (Å²) in [6, 6.07) is 7.24. The van der Waals surface area contributed by atoms with E-state index in [9.17, 15) is 0 Å². The molecule has 13 heavy (non-hydrogen) atoms. The molecule has 2 unspecified atom stereocenters. The number of para-hydroxylation sites is 1. The summed E-state index contributed by atoms with van der Waals surface area (Å²) in [6.07, 6.45) is 0. The van der Waals surface area contributed by atoms with E-state index in [0.29, 0.717) is 12.0 Å². The highest BCUT2D eigenvalue weighted by Crippen LogP contribution is 2.39. The molecule has 2 heterocycles. The fourth-order valence-electron chi connectivity index (χ4n) is 2.54. The van der Waals surface area contributed by atoms with Gasteiger partial charge < -0.3 is 10.6 Å². The number of hydrogen-bond acceptors (Lipinski definition) is 2. The predicted octanol–water partition coefficient (Wildman–Crippen LogP) is 1.48. The molecule has 1 fully saturated rings. The van der Waals surface area contributed by atoms with E-state index >= 15 is 0 Å². The van der Waals surface area contributed by atoms with Crippen LogP contribution >= 0.6 is 0 Å². The van der Waals surface area contributed by atoms with E-state index < -0.39 is 0 Å². The first-order valence-corrected chi connectivity index (χ1v) is 4.93. The Labute approximate surface area is 78.3 Å². The maximum atomic E-state index is 3.60. The molecule has 0 bridgehead atoms. The number of anilines is 1. The minimum absolute atomic E-state index is 0.635. The van der Waals surface area contributed by atoms with E-state index in [4.69, 9.17) is 0 Å². The van der Waals surface area contributed by atoms with Crippen molar-refractivity contribution in [1.29, 1.82) is 0 Å². The smallest absolute Gasteiger partial charge is 0.0467 e. The Hall–Kier alpha value is -1.02. The van der Waals surface area contributed by atoms with E-state index in [1.165, 1.54) is 16.8 Å². The second kappa shape index (κ2) is 2.48. The molecule has 2 N–H and O–H groups in total. The third-order valence-corrected chi connectivity index (χ3v) is 3.25. The zero-order valence-corrected chi connectivity index (χ0v) is 7.80. The molecule has 1 saturated heterocycles. The lowest BCUT2D eigenvalue weighted by molar-refractivity contribution is 0.736. The molecule has 2 nitrogen and oxygen atoms in total. The molecule has 2 atom stereocenters. The van der Waals surface area contributed by atoms with Gasteiger partial charge in [-0.25, -0.2) is 0 Å². The third-order valence-electron chi connectivity index (χ3n) is 3.25. The van der Waals surface area contributed by atoms with E-state index in [-0.39, 0.29) is 0 Å². The molecule has 2 aliphatic heterocycles. The van der Waals surface area contributed by atoms with Gasteiger partial charge in [-0.05, 0) is 18.1 Å². The molecule has 2 aliphatic rings. The van der Waals surface area contributed by atoms with Crippen molar-refractivity contribution >= 4 is 5.69 Å². The van der Waals surface area contributed by atoms with Crippen molar-refractivity contribution < 1.29 is 0 Å². The van der Waals surface area contributed by atoms with Gasteiger partial charge in [-0.3, -0.25) is 0 Å². The summed E-state index contributed by atoms with van der Waals surface area (Å²) >= 11 is 0. The lowest BCUT2D eigenvalue weighted by Crippen LogP contribution is -2.20. The van der Waals surface area contributed by atoms with E-state index in [1.54, 1.807) is 0 Å². The molecular weight excluding hydrogens is 160 g/mol. The van der Waals surface area contributed by atoms with Gasteiger partial charge in [0.05, 0.1) is 0 Å². The second-order valence-electron chi connectivity index (χ2n) is 4.05. The van der Waals surface area contributed by atoms with Crippen LogP contribution < -0.4 is 10.6 Å². The largest absolute Gasteiger partial charge is 0.380 e. The van der Waals surface area contributed by atoms with Crippen LogP contribution in [0.4, 0.5) is 5.69 Å². The summed E-state index contributed by atoms with van der Waals surface area (Å²) in [5.74, 6) is 0.704. The average Bonchev–Trinajstić information content (AvgIpc) is 2.65. The molecule has 0 spiro atoms. The molecule has 0 aliphatic carbocycles. The highest BCUT2D eigenvalue weighted by atomic mass is 15.1. The Bertz CT molecular complexity index is 346. The van der Waals surface area contributed by atoms with Crippen molar-refractivity contribution in [3.8, 4) is 0 Å². The first kappa shape index (κ1) is 7.39. The molecule has 0 aromatic heterocycles. The first-order valence-electron chi connectivity index (χ1n) is 4.93. The highest BCUT2D eigenvalue weighted by Gasteiger charge is 2.35. The van der Waals surface area contributed by atoms with Crippen LogP contribution in [-0.4, -0.2) is 19.1 Å². The van der Waals surface area contributed by atoms with Crippen LogP contribution in [0, 0.1) is 6.92 Å². The van der Waals surface area contributed by atoms with Crippen LogP contribution in [0.1, 0.15) is 17.0 Å². The van der Waals surface area contributed by atoms with Crippen LogP contribution in [0.15, 0.2) is 18.2 Å². The highest BCUT2D eigenvalue weighted by molar-refractivity contribution is 5.64. The van der Waals surface area contributed by atoms with Crippen LogP contribution in [0.2, 0.25) is 0 Å². The summed E-state index contributed by atoms with van der Waals surface area (Å²) in [6.45, 7) is 4.42. The van der Waals surface area contributed by atoms with Gasteiger partial charge in [0.15, 0.2) is 0 Å². The quantitative estimate of drug-likeness (QED) is 0.622. The van der Waals surface area contributed by atoms with Crippen molar-refractivity contribution in [2.75, 3.05) is 18.4 Å². The summed E-state index contributed by atoms with van der Waals surface area (Å²) in [5.41, 5.74) is 4.28. The van der Waals surface area contributed by atoms with Gasteiger partial charge in [0, 0.05) is 30.7 Å². The predicted molar refractivity (Wildman–Crippen MR) is 54.2 cm³/mol. The molecule has 68 valence electrons. The van der Waals surface area contributed by atoms with Gasteiger partial charge in [-0.15, -0.1) is 0 Å². The molecule has 2 heteroatoms. The van der Waals surface area contributed by atoms with Crippen molar-refractivity contribution in [2.24, 2.45) is 0 Å². The molecular formula is C11H14N2. The van der Waals surface area contributed by atoms with Crippen LogP contribution in [0.25, 0.3) is 0 Å². The zero-order chi connectivity index (χ0) is 8.84. The van der Waals surface area contributed by atoms with Crippen LogP contribution in [0.5, 0.6) is 0 Å². The normalized spacial score (nSPS) is 29.6. The van der Waals surface area contributed by atoms with E-state index in [2.05, 4.69) is 35.8 Å². The number of fused-ring (bicyclic) bond motifs is 3. The van der Waals surface area contributed by atoms with Gasteiger partial charge in [0.25, 0.3) is 0 Å². The van der Waals surface area contributed by atoms with Crippen molar-refractivity contribution in [1.82, 2.24) is 5.32 Å². The van der Waals surface area contributed by atoms with Gasteiger partial charge in [-0.2, -0.15) is 0 Å². The Balaban J connectivity index is 2.12. The number of nitrogens with one attached hydrogen (secondary N) is 2. The first-order chi connectivity index (χ1) is 6.36. The van der Waals surface area contributed by atoms with Crippen molar-refractivity contribution in [2.45, 2.75) is 18.9 Å². The standard InChI is InChI=1S/C11H14N2/c1-7-3-2-4-8-9-5-12-6-10(9)13-11(7)8/h2-4,9-10,12-13H,5-6H2,1H3. The van der Waals surface area contributed by atoms with E-state index in [0.717, 1.165) is 13.1 Å². The molecule has 1 aromatic rings. The fourth-order valence-corrected chi connectivity index (χ4v) is 2.54. The summed E-state index contributed by atoms with van der Waals surface area (Å²) in [7, 11) is 0. The summed E-state index contributed by atoms with van der Waals surface area (Å²) < 4.78 is 0. The molecule has 0 amide bonds. The fraction of sp³-hybridized carbons (Fsp3) is 0.455. The Morgan fingerprint density at radius 1 is 1.31 bits per heavy atom. The number of hydrogen-bond donors (Lipinski definition) is 2. The minimum atomic E-state index is 0.635. The maximum Gasteiger partial charge on any atom is 0.0467 e. The van der Waals surface area contributed by atoms with E-state index in [1.807, 2.05) is 0 Å². The lowest BCUT2D eigenvalue weighted by atomic mass is 9.97. The number of rotatable bonds is 0. The minimum Gasteiger partial charge on any atom is -0.380 e. The zero-order valence-electron chi connectivity index (χ0n) is 7.80.